The molecule has 0 spiro atoms. The van der Waals surface area contributed by atoms with Crippen molar-refractivity contribution < 1.29 is 22.3 Å². The maximum atomic E-state index is 13.0. The van der Waals surface area contributed by atoms with Crippen molar-refractivity contribution in [2.24, 2.45) is 4.99 Å². The molecule has 1 unspecified atom stereocenters. The smallest absolute Gasteiger partial charge is 0.422 e. The van der Waals surface area contributed by atoms with E-state index in [0.29, 0.717) is 0 Å². The number of ether oxygens (including phenoxy) is 1. The van der Waals surface area contributed by atoms with Crippen LogP contribution < -0.4 is 5.32 Å². The van der Waals surface area contributed by atoms with E-state index in [1.165, 1.54) is 4.08 Å². The van der Waals surface area contributed by atoms with Crippen molar-refractivity contribution >= 4 is 28.8 Å². The first-order valence-electron chi connectivity index (χ1n) is 4.08. The Morgan fingerprint density at radius 2 is 2.31 bits per heavy atom. The predicted molar refractivity (Wildman–Crippen MR) is 58.7 cm³/mol. The number of nitrogens with one attached hydrogen (secondary N) is 1. The largest absolute Gasteiger partial charge is 0.467 e. The van der Waals surface area contributed by atoms with E-state index < -0.39 is 24.7 Å². The molecule has 0 amide bonds. The molecular weight excluding hydrogens is 343 g/mol. The molecule has 1 heterocycles. The summed E-state index contributed by atoms with van der Waals surface area (Å²) >= 11 is 1.71. The molecular formula is C8H7F4IN2O. The Morgan fingerprint density at radius 1 is 1.62 bits per heavy atom. The Balaban J connectivity index is 2.46. The van der Waals surface area contributed by atoms with E-state index in [-0.39, 0.29) is 5.88 Å². The molecule has 0 saturated heterocycles. The van der Waals surface area contributed by atoms with Crippen LogP contribution in [0, 0.1) is 0 Å². The fourth-order valence-electron chi connectivity index (χ4n) is 0.843. The SMILES string of the molecule is F/C(=C\I)C1C=NC(OCC(F)(F)F)=CN1. The van der Waals surface area contributed by atoms with Crippen molar-refractivity contribution in [3.05, 3.63) is 22.0 Å². The molecule has 1 aliphatic rings. The van der Waals surface area contributed by atoms with Crippen LogP contribution in [0.15, 0.2) is 27.0 Å². The molecule has 1 rings (SSSR count). The molecule has 0 aromatic heterocycles. The average molecular weight is 350 g/mol. The van der Waals surface area contributed by atoms with Crippen molar-refractivity contribution in [2.45, 2.75) is 12.2 Å². The summed E-state index contributed by atoms with van der Waals surface area (Å²) in [5.74, 6) is -0.703. The first-order chi connectivity index (χ1) is 7.42. The predicted octanol–water partition coefficient (Wildman–Crippen LogP) is 2.65. The van der Waals surface area contributed by atoms with Gasteiger partial charge in [0.1, 0.15) is 11.9 Å². The fourth-order valence-corrected chi connectivity index (χ4v) is 1.23. The molecule has 1 N–H and O–H groups in total. The van der Waals surface area contributed by atoms with Crippen LogP contribution in [0.3, 0.4) is 0 Å². The van der Waals surface area contributed by atoms with Gasteiger partial charge in [0.2, 0.25) is 5.88 Å². The van der Waals surface area contributed by atoms with Gasteiger partial charge in [0, 0.05) is 10.3 Å². The lowest BCUT2D eigenvalue weighted by Gasteiger charge is -2.16. The number of nitrogens with zero attached hydrogens (tertiary/aromatic N) is 1. The van der Waals surface area contributed by atoms with Crippen LogP contribution in [0.25, 0.3) is 0 Å². The van der Waals surface area contributed by atoms with Gasteiger partial charge >= 0.3 is 6.18 Å². The standard InChI is InChI=1S/C8H7F4IN2O/c9-5(1-13)6-2-15-7(3-14-6)16-4-8(10,11)12/h1-3,6,14H,4H2/b5-1-. The van der Waals surface area contributed by atoms with Crippen LogP contribution in [-0.4, -0.2) is 25.0 Å². The van der Waals surface area contributed by atoms with E-state index in [1.54, 1.807) is 22.6 Å². The zero-order valence-electron chi connectivity index (χ0n) is 7.76. The number of hydrogen-bond donors (Lipinski definition) is 1. The Hall–Kier alpha value is -0.800. The van der Waals surface area contributed by atoms with Crippen molar-refractivity contribution in [3.8, 4) is 0 Å². The molecule has 0 saturated carbocycles. The third-order valence-electron chi connectivity index (χ3n) is 1.52. The topological polar surface area (TPSA) is 33.6 Å². The lowest BCUT2D eigenvalue weighted by Crippen LogP contribution is -2.30. The van der Waals surface area contributed by atoms with E-state index >= 15 is 0 Å². The van der Waals surface area contributed by atoms with Crippen molar-refractivity contribution in [3.63, 3.8) is 0 Å². The quantitative estimate of drug-likeness (QED) is 0.627. The first-order valence-corrected chi connectivity index (χ1v) is 5.32. The molecule has 0 fully saturated rings. The number of aliphatic imine (C=N–C) groups is 1. The van der Waals surface area contributed by atoms with Crippen LogP contribution in [0.4, 0.5) is 17.6 Å². The number of hydrogen-bond acceptors (Lipinski definition) is 3. The van der Waals surface area contributed by atoms with E-state index in [9.17, 15) is 17.6 Å². The number of halogens is 5. The van der Waals surface area contributed by atoms with Gasteiger partial charge in [-0.1, -0.05) is 22.6 Å². The summed E-state index contributed by atoms with van der Waals surface area (Å²) in [7, 11) is 0. The zero-order valence-corrected chi connectivity index (χ0v) is 9.92. The van der Waals surface area contributed by atoms with Gasteiger partial charge in [-0.15, -0.1) is 0 Å². The minimum Gasteiger partial charge on any atom is -0.467 e. The molecule has 0 bridgehead atoms. The van der Waals surface area contributed by atoms with Gasteiger partial charge in [-0.2, -0.15) is 13.2 Å². The van der Waals surface area contributed by atoms with Crippen molar-refractivity contribution in [2.75, 3.05) is 6.61 Å². The van der Waals surface area contributed by atoms with Crippen LogP contribution in [0.2, 0.25) is 0 Å². The Labute approximate surface area is 102 Å². The second kappa shape index (κ2) is 5.51. The highest BCUT2D eigenvalue weighted by Gasteiger charge is 2.29. The summed E-state index contributed by atoms with van der Waals surface area (Å²) in [5, 5.41) is 2.50. The van der Waals surface area contributed by atoms with Gasteiger partial charge in [-0.3, -0.25) is 0 Å². The summed E-state index contributed by atoms with van der Waals surface area (Å²) < 4.78 is 53.8. The van der Waals surface area contributed by atoms with E-state index in [1.807, 2.05) is 0 Å². The zero-order chi connectivity index (χ0) is 12.2. The van der Waals surface area contributed by atoms with Crippen LogP contribution in [0.1, 0.15) is 0 Å². The van der Waals surface area contributed by atoms with Crippen molar-refractivity contribution in [1.82, 2.24) is 5.32 Å². The highest BCUT2D eigenvalue weighted by Crippen LogP contribution is 2.18. The molecule has 0 aromatic rings. The Kier molecular flexibility index (Phi) is 4.56. The molecule has 90 valence electrons. The third-order valence-corrected chi connectivity index (χ3v) is 2.12. The third kappa shape index (κ3) is 4.37. The molecule has 0 aromatic carbocycles. The van der Waals surface area contributed by atoms with E-state index in [2.05, 4.69) is 15.0 Å². The Bertz CT molecular complexity index is 337. The van der Waals surface area contributed by atoms with Gasteiger partial charge < -0.3 is 10.1 Å². The maximum Gasteiger partial charge on any atom is 0.422 e. The molecule has 0 aliphatic carbocycles. The molecule has 0 radical (unpaired) electrons. The van der Waals surface area contributed by atoms with Crippen LogP contribution in [-0.2, 0) is 4.74 Å². The lowest BCUT2D eigenvalue weighted by molar-refractivity contribution is -0.165. The number of alkyl halides is 3. The van der Waals surface area contributed by atoms with Gasteiger partial charge in [0.15, 0.2) is 6.61 Å². The van der Waals surface area contributed by atoms with Gasteiger partial charge in [-0.25, -0.2) is 9.38 Å². The minimum atomic E-state index is -4.42. The summed E-state index contributed by atoms with van der Waals surface area (Å²) in [5.41, 5.74) is 0. The average Bonchev–Trinajstić information content (AvgIpc) is 2.25. The molecule has 8 heteroatoms. The van der Waals surface area contributed by atoms with Gasteiger partial charge in [0.05, 0.1) is 6.20 Å². The van der Waals surface area contributed by atoms with Gasteiger partial charge in [-0.05, 0) is 0 Å². The highest BCUT2D eigenvalue weighted by molar-refractivity contribution is 14.1. The molecule has 3 nitrogen and oxygen atoms in total. The maximum absolute atomic E-state index is 13.0. The summed E-state index contributed by atoms with van der Waals surface area (Å²) in [6.07, 6.45) is -2.19. The lowest BCUT2D eigenvalue weighted by atomic mass is 10.3. The fraction of sp³-hybridized carbons (Fsp3) is 0.375. The first kappa shape index (κ1) is 13.3. The summed E-state index contributed by atoms with van der Waals surface area (Å²) in [6.45, 7) is -1.42. The Morgan fingerprint density at radius 3 is 2.75 bits per heavy atom. The monoisotopic (exact) mass is 350 g/mol. The second-order valence-corrected chi connectivity index (χ2v) is 3.43. The minimum absolute atomic E-state index is 0.227. The van der Waals surface area contributed by atoms with Crippen LogP contribution in [0.5, 0.6) is 0 Å². The summed E-state index contributed by atoms with van der Waals surface area (Å²) in [4.78, 5) is 3.55. The summed E-state index contributed by atoms with van der Waals surface area (Å²) in [6, 6.07) is -0.755. The molecule has 16 heavy (non-hydrogen) atoms. The second-order valence-electron chi connectivity index (χ2n) is 2.80. The molecule has 1 atom stereocenters. The van der Waals surface area contributed by atoms with Crippen LogP contribution >= 0.6 is 22.6 Å². The number of rotatable bonds is 3. The van der Waals surface area contributed by atoms with Gasteiger partial charge in [0.25, 0.3) is 0 Å². The normalized spacial score (nSPS) is 21.4. The van der Waals surface area contributed by atoms with Crippen molar-refractivity contribution in [1.29, 1.82) is 0 Å². The highest BCUT2D eigenvalue weighted by atomic mass is 127. The molecule has 1 aliphatic heterocycles. The van der Waals surface area contributed by atoms with E-state index in [4.69, 9.17) is 0 Å². The van der Waals surface area contributed by atoms with E-state index in [0.717, 1.165) is 12.4 Å².